The number of aryl methyl sites for hydroxylation is 1. The minimum absolute atomic E-state index is 0.124. The van der Waals surface area contributed by atoms with Crippen LogP contribution in [0.15, 0.2) is 6.30 Å². The van der Waals surface area contributed by atoms with Crippen LogP contribution in [-0.4, -0.2) is 22.5 Å². The summed E-state index contributed by atoms with van der Waals surface area (Å²) >= 11 is 0. The van der Waals surface area contributed by atoms with Gasteiger partial charge >= 0.3 is 5.97 Å². The summed E-state index contributed by atoms with van der Waals surface area (Å²) in [5.74, 6) is -0.835. The van der Waals surface area contributed by atoms with E-state index in [0.29, 0.717) is 0 Å². The molecular formula is C7H10N2O2. The van der Waals surface area contributed by atoms with Crippen molar-refractivity contribution in [2.45, 2.75) is 13.8 Å². The number of hydrogen-bond donors (Lipinski definition) is 1. The third-order valence-corrected chi connectivity index (χ3v) is 1.05. The van der Waals surface area contributed by atoms with E-state index < -0.39 is 12.8 Å². The van der Waals surface area contributed by atoms with Crippen molar-refractivity contribution in [2.24, 2.45) is 0 Å². The van der Waals surface area contributed by atoms with E-state index in [-0.39, 0.29) is 24.3 Å². The molecule has 0 aliphatic rings. The van der Waals surface area contributed by atoms with E-state index in [2.05, 4.69) is 14.7 Å². The quantitative estimate of drug-likeness (QED) is 0.650. The average molecular weight is 158 g/mol. The van der Waals surface area contributed by atoms with Gasteiger partial charge in [-0.25, -0.2) is 9.78 Å². The first-order chi connectivity index (χ1) is 6.86. The molecule has 60 valence electrons. The monoisotopic (exact) mass is 158 g/mol. The Morgan fingerprint density at radius 2 is 2.91 bits per heavy atom. The van der Waals surface area contributed by atoms with Gasteiger partial charge in [0.25, 0.3) is 0 Å². The van der Waals surface area contributed by atoms with Crippen LogP contribution in [0, 0.1) is 6.85 Å². The van der Waals surface area contributed by atoms with Gasteiger partial charge < -0.3 is 9.72 Å². The maximum atomic E-state index is 11.3. The molecular weight excluding hydrogens is 144 g/mol. The Balaban J connectivity index is 3.12. The predicted octanol–water partition coefficient (Wildman–Crippen LogP) is 0.895. The van der Waals surface area contributed by atoms with Crippen molar-refractivity contribution in [3.8, 4) is 0 Å². The fraction of sp³-hybridized carbons (Fsp3) is 0.429. The lowest BCUT2D eigenvalue weighted by atomic mass is 10.3. The number of carbonyl (C=O) groups is 1. The molecule has 4 nitrogen and oxygen atoms in total. The minimum atomic E-state index is -2.51. The maximum Gasteiger partial charge on any atom is 0.358 e. The zero-order valence-corrected chi connectivity index (χ0v) is 5.97. The SMILES string of the molecule is [2H]c1nc(C(=O)OCC)c(C([2H])([2H])[2H])[nH]1. The molecule has 1 heterocycles. The van der Waals surface area contributed by atoms with Gasteiger partial charge in [-0.15, -0.1) is 0 Å². The molecule has 0 unspecified atom stereocenters. The molecule has 1 aromatic rings. The molecule has 4 heteroatoms. The molecule has 0 amide bonds. The van der Waals surface area contributed by atoms with Crippen molar-refractivity contribution in [2.75, 3.05) is 6.61 Å². The Morgan fingerprint density at radius 1 is 2.09 bits per heavy atom. The number of aromatic nitrogens is 2. The second-order valence-corrected chi connectivity index (χ2v) is 1.79. The summed E-state index contributed by atoms with van der Waals surface area (Å²) in [7, 11) is 0. The van der Waals surface area contributed by atoms with E-state index in [0.717, 1.165) is 0 Å². The van der Waals surface area contributed by atoms with Crippen LogP contribution in [0.5, 0.6) is 0 Å². The first kappa shape index (κ1) is 3.90. The number of esters is 1. The summed E-state index contributed by atoms with van der Waals surface area (Å²) in [5, 5.41) is 0. The fourth-order valence-corrected chi connectivity index (χ4v) is 0.602. The first-order valence-corrected chi connectivity index (χ1v) is 3.10. The lowest BCUT2D eigenvalue weighted by Gasteiger charge is -1.97. The van der Waals surface area contributed by atoms with Crippen molar-refractivity contribution in [3.05, 3.63) is 17.7 Å². The second-order valence-electron chi connectivity index (χ2n) is 1.79. The Kier molecular flexibility index (Phi) is 1.13. The first-order valence-electron chi connectivity index (χ1n) is 5.10. The van der Waals surface area contributed by atoms with E-state index in [9.17, 15) is 4.79 Å². The molecule has 0 aliphatic heterocycles. The number of ether oxygens (including phenoxy) is 1. The van der Waals surface area contributed by atoms with Gasteiger partial charge in [-0.1, -0.05) is 0 Å². The molecule has 0 atom stereocenters. The molecule has 1 rings (SSSR count). The van der Waals surface area contributed by atoms with Gasteiger partial charge in [0, 0.05) is 9.81 Å². The highest BCUT2D eigenvalue weighted by molar-refractivity contribution is 5.88. The van der Waals surface area contributed by atoms with Crippen molar-refractivity contribution < 1.29 is 15.0 Å². The maximum absolute atomic E-state index is 11.3. The number of nitrogens with zero attached hydrogens (tertiary/aromatic N) is 1. The summed E-state index contributed by atoms with van der Waals surface area (Å²) in [5.41, 5.74) is -0.701. The molecule has 0 saturated heterocycles. The van der Waals surface area contributed by atoms with Crippen LogP contribution >= 0.6 is 0 Å². The minimum Gasteiger partial charge on any atom is -0.461 e. The van der Waals surface area contributed by atoms with E-state index >= 15 is 0 Å². The molecule has 1 N–H and O–H groups in total. The summed E-state index contributed by atoms with van der Waals surface area (Å²) in [6.07, 6.45) is -0.371. The largest absolute Gasteiger partial charge is 0.461 e. The average Bonchev–Trinajstić information content (AvgIpc) is 2.47. The number of nitrogens with one attached hydrogen (secondary N) is 1. The lowest BCUT2D eigenvalue weighted by molar-refractivity contribution is 0.0519. The van der Waals surface area contributed by atoms with Crippen LogP contribution in [0.25, 0.3) is 0 Å². The van der Waals surface area contributed by atoms with Crippen molar-refractivity contribution in [3.63, 3.8) is 0 Å². The second kappa shape index (κ2) is 3.18. The third-order valence-electron chi connectivity index (χ3n) is 1.05. The number of carbonyl (C=O) groups excluding carboxylic acids is 1. The molecule has 11 heavy (non-hydrogen) atoms. The third kappa shape index (κ3) is 1.58. The van der Waals surface area contributed by atoms with E-state index in [1.165, 1.54) is 0 Å². The number of aromatic amines is 1. The Bertz CT molecular complexity index is 372. The Labute approximate surface area is 70.2 Å². The Morgan fingerprint density at radius 3 is 3.55 bits per heavy atom. The number of hydrogen-bond acceptors (Lipinski definition) is 3. The van der Waals surface area contributed by atoms with Gasteiger partial charge in [0.05, 0.1) is 12.9 Å². The van der Waals surface area contributed by atoms with Gasteiger partial charge in [0.2, 0.25) is 0 Å². The van der Waals surface area contributed by atoms with Gasteiger partial charge in [0.15, 0.2) is 5.69 Å². The predicted molar refractivity (Wildman–Crippen MR) is 39.3 cm³/mol. The molecule has 0 aliphatic carbocycles. The van der Waals surface area contributed by atoms with Crippen LogP contribution in [0.1, 0.15) is 28.6 Å². The van der Waals surface area contributed by atoms with Crippen molar-refractivity contribution in [1.29, 1.82) is 0 Å². The van der Waals surface area contributed by atoms with Gasteiger partial charge in [-0.3, -0.25) is 0 Å². The van der Waals surface area contributed by atoms with Crippen LogP contribution in [0.2, 0.25) is 0 Å². The standard InChI is InChI=1S/C7H10N2O2/c1-3-11-7(10)6-5(2)8-4-9-6/h4H,3H2,1-2H3,(H,8,9)/i2D3,4D. The highest BCUT2D eigenvalue weighted by Gasteiger charge is 2.11. The van der Waals surface area contributed by atoms with E-state index in [4.69, 9.17) is 5.48 Å². The molecule has 0 bridgehead atoms. The number of imidazole rings is 1. The van der Waals surface area contributed by atoms with E-state index in [1.54, 1.807) is 6.92 Å². The summed E-state index contributed by atoms with van der Waals surface area (Å²) in [6.45, 7) is -0.783. The molecule has 0 fully saturated rings. The normalized spacial score (nSPS) is 16.1. The van der Waals surface area contributed by atoms with Gasteiger partial charge in [0.1, 0.15) is 1.37 Å². The molecule has 1 aromatic heterocycles. The van der Waals surface area contributed by atoms with Gasteiger partial charge in [-0.2, -0.15) is 0 Å². The topological polar surface area (TPSA) is 55.0 Å². The van der Waals surface area contributed by atoms with E-state index in [1.807, 2.05) is 0 Å². The van der Waals surface area contributed by atoms with Crippen LogP contribution < -0.4 is 0 Å². The van der Waals surface area contributed by atoms with Crippen LogP contribution in [-0.2, 0) is 4.74 Å². The molecule has 0 spiro atoms. The zero-order valence-electron chi connectivity index (χ0n) is 9.97. The fourth-order valence-electron chi connectivity index (χ4n) is 0.602. The highest BCUT2D eigenvalue weighted by Crippen LogP contribution is 2.01. The summed E-state index contributed by atoms with van der Waals surface area (Å²) in [6, 6.07) is 0. The molecule has 0 radical (unpaired) electrons. The van der Waals surface area contributed by atoms with Gasteiger partial charge in [-0.05, 0) is 13.8 Å². The highest BCUT2D eigenvalue weighted by atomic mass is 16.5. The van der Waals surface area contributed by atoms with Crippen molar-refractivity contribution in [1.82, 2.24) is 9.97 Å². The van der Waals surface area contributed by atoms with Crippen LogP contribution in [0.4, 0.5) is 0 Å². The summed E-state index contributed by atoms with van der Waals surface area (Å²) < 4.78 is 33.1. The zero-order chi connectivity index (χ0) is 11.6. The summed E-state index contributed by atoms with van der Waals surface area (Å²) in [4.78, 5) is 17.0. The molecule has 0 aromatic carbocycles. The van der Waals surface area contributed by atoms with Crippen molar-refractivity contribution >= 4 is 5.97 Å². The molecule has 0 saturated carbocycles. The Hall–Kier alpha value is -1.32. The lowest BCUT2D eigenvalue weighted by Crippen LogP contribution is -2.06. The van der Waals surface area contributed by atoms with Crippen LogP contribution in [0.3, 0.4) is 0 Å². The number of rotatable bonds is 2. The smallest absolute Gasteiger partial charge is 0.358 e. The number of H-pyrrole nitrogens is 1.